The normalized spacial score (nSPS) is 13.2. The molecule has 0 saturated heterocycles. The Bertz CT molecular complexity index is 95.6. The maximum atomic E-state index is 10.9. The fourth-order valence-electron chi connectivity index (χ4n) is 0.576. The van der Waals surface area contributed by atoms with E-state index in [-0.39, 0.29) is 7.34 Å². The molecule has 0 fully saturated rings. The van der Waals surface area contributed by atoms with Gasteiger partial charge in [0, 0.05) is 7.34 Å². The molecule has 0 bridgehead atoms. The zero-order valence-corrected chi connectivity index (χ0v) is 6.40. The number of likely N-dealkylation sites (N-methyl/N-ethyl adjacent to an activating group) is 1. The van der Waals surface area contributed by atoms with Crippen LogP contribution in [0.15, 0.2) is 0 Å². The van der Waals surface area contributed by atoms with E-state index in [9.17, 15) is 4.79 Å². The van der Waals surface area contributed by atoms with Crippen LogP contribution in [0.2, 0.25) is 0 Å². The highest BCUT2D eigenvalue weighted by Crippen LogP contribution is 1.99. The Kier molecular flexibility index (Phi) is 4.32. The smallest absolute Gasteiger partial charge is 0.149 e. The van der Waals surface area contributed by atoms with Crippen LogP contribution in [0.3, 0.4) is 0 Å². The number of Topliss-reactive ketones (excluding diaryl/α,β-unsaturated/α-hetero) is 1. The van der Waals surface area contributed by atoms with Crippen LogP contribution in [0, 0.1) is 5.92 Å². The Morgan fingerprint density at radius 1 is 1.78 bits per heavy atom. The third-order valence-corrected chi connectivity index (χ3v) is 1.51. The van der Waals surface area contributed by atoms with E-state index < -0.39 is 0 Å². The van der Waals surface area contributed by atoms with Gasteiger partial charge in [-0.3, -0.25) is 4.79 Å². The minimum atomic E-state index is 0. The average Bonchev–Trinajstić information content (AvgIpc) is 1.87. The summed E-state index contributed by atoms with van der Waals surface area (Å²) in [5.41, 5.74) is 0. The van der Waals surface area contributed by atoms with E-state index in [2.05, 4.69) is 5.32 Å². The summed E-state index contributed by atoms with van der Waals surface area (Å²) < 4.78 is 0. The van der Waals surface area contributed by atoms with Gasteiger partial charge in [0.2, 0.25) is 0 Å². The van der Waals surface area contributed by atoms with E-state index >= 15 is 0 Å². The van der Waals surface area contributed by atoms with Gasteiger partial charge in [0.15, 0.2) is 0 Å². The van der Waals surface area contributed by atoms with Gasteiger partial charge in [-0.2, -0.15) is 0 Å². The molecule has 0 aliphatic carbocycles. The summed E-state index contributed by atoms with van der Waals surface area (Å²) >= 11 is 0. The second kappa shape index (κ2) is 4.50. The molecule has 1 atom stereocenters. The summed E-state index contributed by atoms with van der Waals surface area (Å²) in [6.45, 7) is 4.49. The van der Waals surface area contributed by atoms with E-state index in [0.717, 1.165) is 6.42 Å². The van der Waals surface area contributed by atoms with Crippen LogP contribution in [0.25, 0.3) is 0 Å². The summed E-state index contributed by atoms with van der Waals surface area (Å²) in [6.07, 6.45) is 0.945. The highest BCUT2D eigenvalue weighted by Gasteiger charge is 2.07. The lowest BCUT2D eigenvalue weighted by atomic mass is 10.0. The predicted octanol–water partition coefficient (Wildman–Crippen LogP) is 1.07. The Labute approximate surface area is 58.1 Å². The fraction of sp³-hybridized carbons (Fsp3) is 0.857. The molecule has 0 radical (unpaired) electrons. The molecule has 2 heteroatoms. The van der Waals surface area contributed by atoms with Crippen LogP contribution < -0.4 is 5.32 Å². The van der Waals surface area contributed by atoms with Crippen molar-refractivity contribution in [2.24, 2.45) is 5.92 Å². The quantitative estimate of drug-likeness (QED) is 0.618. The maximum Gasteiger partial charge on any atom is 0.149 e. The molecule has 0 heterocycles. The van der Waals surface area contributed by atoms with Gasteiger partial charge in [0.05, 0.1) is 6.54 Å². The van der Waals surface area contributed by atoms with Crippen molar-refractivity contribution in [3.63, 3.8) is 0 Å². The van der Waals surface area contributed by atoms with Crippen molar-refractivity contribution >= 4 is 5.78 Å². The van der Waals surface area contributed by atoms with Gasteiger partial charge in [-0.25, -0.2) is 0 Å². The predicted molar refractivity (Wildman–Crippen MR) is 40.5 cm³/mol. The van der Waals surface area contributed by atoms with Crippen molar-refractivity contribution in [3.05, 3.63) is 0 Å². The van der Waals surface area contributed by atoms with Gasteiger partial charge in [0.1, 0.15) is 5.78 Å². The molecule has 9 heavy (non-hydrogen) atoms. The number of ketones is 1. The molecule has 0 saturated carbocycles. The number of hydrogen-bond donors (Lipinski definition) is 1. The van der Waals surface area contributed by atoms with Crippen LogP contribution >= 0.6 is 0 Å². The SMILES string of the molecule is CCC(C)C(=O)CNC.[HH]. The molecule has 0 aromatic carbocycles. The number of rotatable bonds is 4. The molecule has 0 aromatic rings. The first-order valence-electron chi connectivity index (χ1n) is 3.39. The summed E-state index contributed by atoms with van der Waals surface area (Å²) in [6, 6.07) is 0. The van der Waals surface area contributed by atoms with Crippen LogP contribution in [-0.2, 0) is 4.79 Å². The number of nitrogens with one attached hydrogen (secondary N) is 1. The molecule has 2 nitrogen and oxygen atoms in total. The lowest BCUT2D eigenvalue weighted by molar-refractivity contribution is -0.121. The van der Waals surface area contributed by atoms with Crippen LogP contribution in [0.5, 0.6) is 0 Å². The molecule has 0 amide bonds. The molecular weight excluding hydrogens is 114 g/mol. The Hall–Kier alpha value is -0.370. The maximum absolute atomic E-state index is 10.9. The van der Waals surface area contributed by atoms with Crippen LogP contribution in [-0.4, -0.2) is 19.4 Å². The monoisotopic (exact) mass is 131 g/mol. The van der Waals surface area contributed by atoms with Gasteiger partial charge in [-0.15, -0.1) is 0 Å². The number of carbonyl (C=O) groups excluding carboxylic acids is 1. The molecule has 1 unspecified atom stereocenters. The minimum Gasteiger partial charge on any atom is -0.313 e. The highest BCUT2D eigenvalue weighted by molar-refractivity contribution is 5.82. The lowest BCUT2D eigenvalue weighted by Gasteiger charge is -2.04. The standard InChI is InChI=1S/C7H15NO.H2/c1-4-6(2)7(9)5-8-3;/h6,8H,4-5H2,1-3H3;1H. The number of hydrogen-bond acceptors (Lipinski definition) is 2. The molecule has 0 aliphatic rings. The first-order valence-corrected chi connectivity index (χ1v) is 3.39. The van der Waals surface area contributed by atoms with Crippen molar-refractivity contribution in [2.45, 2.75) is 20.3 Å². The Morgan fingerprint density at radius 3 is 2.67 bits per heavy atom. The van der Waals surface area contributed by atoms with Gasteiger partial charge in [-0.05, 0) is 13.5 Å². The van der Waals surface area contributed by atoms with Crippen molar-refractivity contribution in [1.29, 1.82) is 0 Å². The van der Waals surface area contributed by atoms with Crippen molar-refractivity contribution in [2.75, 3.05) is 13.6 Å². The summed E-state index contributed by atoms with van der Waals surface area (Å²) in [4.78, 5) is 10.9. The zero-order valence-electron chi connectivity index (χ0n) is 6.40. The Balaban J connectivity index is 0. The fourth-order valence-corrected chi connectivity index (χ4v) is 0.576. The van der Waals surface area contributed by atoms with Crippen LogP contribution in [0.4, 0.5) is 0 Å². The van der Waals surface area contributed by atoms with Gasteiger partial charge in [-0.1, -0.05) is 13.8 Å². The highest BCUT2D eigenvalue weighted by atomic mass is 16.1. The minimum absolute atomic E-state index is 0. The van der Waals surface area contributed by atoms with E-state index in [1.54, 1.807) is 7.05 Å². The molecular formula is C7H17NO. The molecule has 0 spiro atoms. The third kappa shape index (κ3) is 3.25. The second-order valence-electron chi connectivity index (χ2n) is 2.31. The van der Waals surface area contributed by atoms with Gasteiger partial charge < -0.3 is 5.32 Å². The molecule has 0 aromatic heterocycles. The average molecular weight is 131 g/mol. The number of carbonyl (C=O) groups is 1. The molecule has 0 aliphatic heterocycles. The lowest BCUT2D eigenvalue weighted by Crippen LogP contribution is -2.23. The summed E-state index contributed by atoms with van der Waals surface area (Å²) in [5.74, 6) is 0.525. The largest absolute Gasteiger partial charge is 0.313 e. The Morgan fingerprint density at radius 2 is 2.33 bits per heavy atom. The van der Waals surface area contributed by atoms with Crippen molar-refractivity contribution in [1.82, 2.24) is 5.32 Å². The van der Waals surface area contributed by atoms with Crippen molar-refractivity contribution in [3.8, 4) is 0 Å². The van der Waals surface area contributed by atoms with Gasteiger partial charge >= 0.3 is 0 Å². The van der Waals surface area contributed by atoms with Gasteiger partial charge in [0.25, 0.3) is 0 Å². The van der Waals surface area contributed by atoms with E-state index in [4.69, 9.17) is 0 Å². The molecule has 0 rings (SSSR count). The first kappa shape index (κ1) is 8.63. The second-order valence-corrected chi connectivity index (χ2v) is 2.31. The third-order valence-electron chi connectivity index (χ3n) is 1.51. The molecule has 1 N–H and O–H groups in total. The van der Waals surface area contributed by atoms with E-state index in [1.165, 1.54) is 0 Å². The summed E-state index contributed by atoms with van der Waals surface area (Å²) in [7, 11) is 1.79. The first-order chi connectivity index (χ1) is 4.22. The van der Waals surface area contributed by atoms with Crippen LogP contribution in [0.1, 0.15) is 21.7 Å². The molecule has 56 valence electrons. The summed E-state index contributed by atoms with van der Waals surface area (Å²) in [5, 5.41) is 2.83. The topological polar surface area (TPSA) is 29.1 Å². The van der Waals surface area contributed by atoms with E-state index in [0.29, 0.717) is 12.3 Å². The van der Waals surface area contributed by atoms with Crippen molar-refractivity contribution < 1.29 is 6.22 Å². The zero-order chi connectivity index (χ0) is 7.28. The van der Waals surface area contributed by atoms with E-state index in [1.807, 2.05) is 13.8 Å².